The maximum atomic E-state index is 12.8. The van der Waals surface area contributed by atoms with Crippen LogP contribution >= 0.6 is 0 Å². The molecule has 0 radical (unpaired) electrons. The van der Waals surface area contributed by atoms with Crippen molar-refractivity contribution < 1.29 is 32.3 Å². The lowest BCUT2D eigenvalue weighted by atomic mass is 10.1. The molecule has 2 amide bonds. The van der Waals surface area contributed by atoms with Crippen LogP contribution in [-0.2, 0) is 11.0 Å². The van der Waals surface area contributed by atoms with E-state index in [9.17, 15) is 27.6 Å². The summed E-state index contributed by atoms with van der Waals surface area (Å²) in [5.41, 5.74) is 0.0702. The van der Waals surface area contributed by atoms with E-state index in [0.717, 1.165) is 18.2 Å². The number of carbonyl (C=O) groups excluding carboxylic acids is 3. The fraction of sp³-hybridized carbons (Fsp3) is 0.130. The minimum atomic E-state index is -4.56. The van der Waals surface area contributed by atoms with E-state index in [1.165, 1.54) is 43.5 Å². The highest BCUT2D eigenvalue weighted by molar-refractivity contribution is 6.06. The van der Waals surface area contributed by atoms with Crippen molar-refractivity contribution in [1.82, 2.24) is 4.98 Å². The third-order valence-electron chi connectivity index (χ3n) is 4.41. The number of hydrogen-bond donors (Lipinski definition) is 2. The van der Waals surface area contributed by atoms with E-state index in [0.29, 0.717) is 16.9 Å². The Kier molecular flexibility index (Phi) is 6.76. The number of carbonyl (C=O) groups is 3. The van der Waals surface area contributed by atoms with Crippen LogP contribution in [-0.4, -0.2) is 22.8 Å². The molecule has 1 heterocycles. The van der Waals surface area contributed by atoms with Gasteiger partial charge in [-0.2, -0.15) is 13.2 Å². The molecule has 0 unspecified atom stereocenters. The standard InChI is InChI=1S/C23H18F3N3O4/c1-13-10-11-27-19(20(13)33-14(2)30)22(32)29-18-8-6-17(7-9-18)28-21(31)15-4-3-5-16(12-15)23(24,25)26/h3-12H,1-2H3,(H,28,31)(H,29,32). The second-order valence-electron chi connectivity index (χ2n) is 6.96. The number of halogens is 3. The quantitative estimate of drug-likeness (QED) is 0.535. The average molecular weight is 457 g/mol. The van der Waals surface area contributed by atoms with Gasteiger partial charge in [0.05, 0.1) is 5.56 Å². The Morgan fingerprint density at radius 2 is 1.52 bits per heavy atom. The first-order chi connectivity index (χ1) is 15.5. The number of nitrogens with one attached hydrogen (secondary N) is 2. The molecule has 1 aromatic heterocycles. The number of hydrogen-bond acceptors (Lipinski definition) is 5. The summed E-state index contributed by atoms with van der Waals surface area (Å²) in [6.45, 7) is 2.87. The lowest BCUT2D eigenvalue weighted by Crippen LogP contribution is -2.17. The summed E-state index contributed by atoms with van der Waals surface area (Å²) in [6, 6.07) is 11.6. The average Bonchev–Trinajstić information content (AvgIpc) is 2.75. The molecule has 0 fully saturated rings. The number of pyridine rings is 1. The second-order valence-corrected chi connectivity index (χ2v) is 6.96. The van der Waals surface area contributed by atoms with Gasteiger partial charge in [0, 0.05) is 30.1 Å². The van der Waals surface area contributed by atoms with Crippen LogP contribution in [0.4, 0.5) is 24.5 Å². The first-order valence-electron chi connectivity index (χ1n) is 9.58. The van der Waals surface area contributed by atoms with E-state index in [1.807, 2.05) is 0 Å². The Morgan fingerprint density at radius 1 is 0.909 bits per heavy atom. The molecule has 0 aliphatic carbocycles. The smallest absolute Gasteiger partial charge is 0.416 e. The minimum Gasteiger partial charge on any atom is -0.424 e. The number of benzene rings is 2. The molecule has 0 spiro atoms. The molecule has 3 rings (SSSR count). The van der Waals surface area contributed by atoms with Crippen LogP contribution < -0.4 is 15.4 Å². The molecule has 0 aliphatic rings. The molecule has 0 bridgehead atoms. The van der Waals surface area contributed by atoms with E-state index in [2.05, 4.69) is 15.6 Å². The molecule has 33 heavy (non-hydrogen) atoms. The van der Waals surface area contributed by atoms with Crippen molar-refractivity contribution in [3.05, 3.63) is 83.2 Å². The van der Waals surface area contributed by atoms with Gasteiger partial charge in [-0.05, 0) is 61.0 Å². The minimum absolute atomic E-state index is 0.0486. The van der Waals surface area contributed by atoms with Crippen molar-refractivity contribution in [2.24, 2.45) is 0 Å². The number of esters is 1. The Labute approximate surface area is 186 Å². The van der Waals surface area contributed by atoms with Crippen LogP contribution in [0.2, 0.25) is 0 Å². The summed E-state index contributed by atoms with van der Waals surface area (Å²) >= 11 is 0. The molecule has 0 atom stereocenters. The number of amides is 2. The highest BCUT2D eigenvalue weighted by Gasteiger charge is 2.30. The van der Waals surface area contributed by atoms with Gasteiger partial charge in [-0.1, -0.05) is 6.07 Å². The Balaban J connectivity index is 1.70. The molecule has 0 saturated heterocycles. The molecule has 0 saturated carbocycles. The number of nitrogens with zero attached hydrogens (tertiary/aromatic N) is 1. The van der Waals surface area contributed by atoms with Gasteiger partial charge < -0.3 is 15.4 Å². The summed E-state index contributed by atoms with van der Waals surface area (Å²) in [5, 5.41) is 5.10. The van der Waals surface area contributed by atoms with Gasteiger partial charge in [0.15, 0.2) is 11.4 Å². The van der Waals surface area contributed by atoms with Gasteiger partial charge in [-0.3, -0.25) is 14.4 Å². The first kappa shape index (κ1) is 23.5. The third-order valence-corrected chi connectivity index (χ3v) is 4.41. The zero-order valence-electron chi connectivity index (χ0n) is 17.5. The summed E-state index contributed by atoms with van der Waals surface area (Å²) < 4.78 is 43.6. The maximum absolute atomic E-state index is 12.8. The van der Waals surface area contributed by atoms with E-state index < -0.39 is 29.5 Å². The zero-order chi connectivity index (χ0) is 24.2. The van der Waals surface area contributed by atoms with Crippen LogP contribution in [0.25, 0.3) is 0 Å². The van der Waals surface area contributed by atoms with E-state index in [4.69, 9.17) is 4.74 Å². The second kappa shape index (κ2) is 9.51. The number of aryl methyl sites for hydroxylation is 1. The lowest BCUT2D eigenvalue weighted by Gasteiger charge is -2.12. The molecule has 170 valence electrons. The zero-order valence-corrected chi connectivity index (χ0v) is 17.5. The van der Waals surface area contributed by atoms with Gasteiger partial charge in [0.2, 0.25) is 0 Å². The Morgan fingerprint density at radius 3 is 2.09 bits per heavy atom. The summed E-state index contributed by atoms with van der Waals surface area (Å²) in [6.07, 6.45) is -3.15. The number of alkyl halides is 3. The van der Waals surface area contributed by atoms with Crippen molar-refractivity contribution >= 4 is 29.2 Å². The monoisotopic (exact) mass is 457 g/mol. The highest BCUT2D eigenvalue weighted by Crippen LogP contribution is 2.30. The van der Waals surface area contributed by atoms with Crippen LogP contribution in [0.5, 0.6) is 5.75 Å². The molecular weight excluding hydrogens is 439 g/mol. The number of aromatic nitrogens is 1. The molecule has 10 heteroatoms. The summed E-state index contributed by atoms with van der Waals surface area (Å²) in [4.78, 5) is 40.2. The molecule has 3 aromatic rings. The maximum Gasteiger partial charge on any atom is 0.416 e. The van der Waals surface area contributed by atoms with Crippen LogP contribution in [0.15, 0.2) is 60.8 Å². The van der Waals surface area contributed by atoms with E-state index in [1.54, 1.807) is 13.0 Å². The number of rotatable bonds is 5. The van der Waals surface area contributed by atoms with E-state index >= 15 is 0 Å². The van der Waals surface area contributed by atoms with Crippen molar-refractivity contribution in [2.45, 2.75) is 20.0 Å². The first-order valence-corrected chi connectivity index (χ1v) is 9.58. The predicted molar refractivity (Wildman–Crippen MR) is 114 cm³/mol. The predicted octanol–water partition coefficient (Wildman–Crippen LogP) is 4.84. The SMILES string of the molecule is CC(=O)Oc1c(C)ccnc1C(=O)Nc1ccc(NC(=O)c2cccc(C(F)(F)F)c2)cc1. The molecule has 7 nitrogen and oxygen atoms in total. The van der Waals surface area contributed by atoms with Crippen molar-refractivity contribution in [3.8, 4) is 5.75 Å². The molecule has 0 aliphatic heterocycles. The van der Waals surface area contributed by atoms with Gasteiger partial charge in [0.1, 0.15) is 0 Å². The number of anilines is 2. The van der Waals surface area contributed by atoms with Crippen molar-refractivity contribution in [3.63, 3.8) is 0 Å². The lowest BCUT2D eigenvalue weighted by molar-refractivity contribution is -0.137. The fourth-order valence-corrected chi connectivity index (χ4v) is 2.85. The largest absolute Gasteiger partial charge is 0.424 e. The van der Waals surface area contributed by atoms with Gasteiger partial charge >= 0.3 is 12.1 Å². The van der Waals surface area contributed by atoms with Crippen molar-refractivity contribution in [2.75, 3.05) is 10.6 Å². The normalized spacial score (nSPS) is 10.9. The molecular formula is C23H18F3N3O4. The summed E-state index contributed by atoms with van der Waals surface area (Å²) in [7, 11) is 0. The highest BCUT2D eigenvalue weighted by atomic mass is 19.4. The van der Waals surface area contributed by atoms with Crippen LogP contribution in [0, 0.1) is 6.92 Å². The van der Waals surface area contributed by atoms with Crippen LogP contribution in [0.1, 0.15) is 38.9 Å². The topological polar surface area (TPSA) is 97.4 Å². The van der Waals surface area contributed by atoms with E-state index in [-0.39, 0.29) is 17.0 Å². The van der Waals surface area contributed by atoms with Gasteiger partial charge in [-0.25, -0.2) is 4.98 Å². The fourth-order valence-electron chi connectivity index (χ4n) is 2.85. The summed E-state index contributed by atoms with van der Waals surface area (Å²) in [5.74, 6) is -1.88. The van der Waals surface area contributed by atoms with Crippen LogP contribution in [0.3, 0.4) is 0 Å². The Bertz CT molecular complexity index is 1210. The van der Waals surface area contributed by atoms with Crippen molar-refractivity contribution in [1.29, 1.82) is 0 Å². The molecule has 2 aromatic carbocycles. The Hall–Kier alpha value is -4.21. The van der Waals surface area contributed by atoms with Gasteiger partial charge in [0.25, 0.3) is 11.8 Å². The molecule has 2 N–H and O–H groups in total. The number of ether oxygens (including phenoxy) is 1. The van der Waals surface area contributed by atoms with Gasteiger partial charge in [-0.15, -0.1) is 0 Å². The third kappa shape index (κ3) is 5.94.